The maximum Gasteiger partial charge on any atom is 1.00 e. The zero-order chi connectivity index (χ0) is 8.43. The Bertz CT molecular complexity index is 285. The number of ether oxygens (including phenoxy) is 1. The first-order chi connectivity index (χ1) is 5.15. The van der Waals surface area contributed by atoms with Crippen molar-refractivity contribution in [2.24, 2.45) is 7.05 Å². The van der Waals surface area contributed by atoms with Crippen LogP contribution in [0.3, 0.4) is 0 Å². The normalized spacial score (nSPS) is 8.83. The minimum atomic E-state index is -1.37. The molecule has 0 aromatic carbocycles. The van der Waals surface area contributed by atoms with Crippen LogP contribution in [0.25, 0.3) is 0 Å². The van der Waals surface area contributed by atoms with Gasteiger partial charge in [-0.2, -0.15) is 4.98 Å². The third-order valence-electron chi connectivity index (χ3n) is 1.11. The molecule has 0 aliphatic carbocycles. The molecule has 0 bridgehead atoms. The third-order valence-corrected chi connectivity index (χ3v) is 1.11. The number of aromatic nitrogens is 3. The standard InChI is InChI=1S/C5H7N3O3.Li/c1-8-3(4(9)10)6-5(7-8)11-2;/h1-2H3,(H,9,10);/q;+1/p-1. The van der Waals surface area contributed by atoms with Gasteiger partial charge < -0.3 is 14.6 Å². The van der Waals surface area contributed by atoms with Crippen LogP contribution in [0.4, 0.5) is 0 Å². The molecule has 0 saturated heterocycles. The van der Waals surface area contributed by atoms with Crippen LogP contribution in [0, 0.1) is 0 Å². The number of carbonyl (C=O) groups is 1. The summed E-state index contributed by atoms with van der Waals surface area (Å²) in [4.78, 5) is 13.8. The fourth-order valence-corrected chi connectivity index (χ4v) is 0.625. The van der Waals surface area contributed by atoms with Crippen LogP contribution < -0.4 is 28.7 Å². The van der Waals surface area contributed by atoms with E-state index in [2.05, 4.69) is 14.8 Å². The molecule has 0 aliphatic heterocycles. The molecule has 0 N–H and O–H groups in total. The zero-order valence-corrected chi connectivity index (χ0v) is 7.07. The summed E-state index contributed by atoms with van der Waals surface area (Å²) in [6, 6.07) is 0.0201. The fourth-order valence-electron chi connectivity index (χ4n) is 0.625. The molecule has 0 saturated carbocycles. The van der Waals surface area contributed by atoms with Crippen molar-refractivity contribution in [2.45, 2.75) is 0 Å². The maximum absolute atomic E-state index is 10.3. The monoisotopic (exact) mass is 163 g/mol. The van der Waals surface area contributed by atoms with Gasteiger partial charge in [0.1, 0.15) is 5.97 Å². The molecule has 0 spiro atoms. The molecule has 0 fully saturated rings. The number of aromatic carboxylic acids is 1. The first-order valence-corrected chi connectivity index (χ1v) is 2.81. The number of rotatable bonds is 2. The Hall–Kier alpha value is -0.993. The van der Waals surface area contributed by atoms with E-state index in [9.17, 15) is 9.90 Å². The summed E-state index contributed by atoms with van der Waals surface area (Å²) in [7, 11) is 2.80. The molecule has 0 amide bonds. The van der Waals surface area contributed by atoms with Crippen molar-refractivity contribution in [3.63, 3.8) is 0 Å². The van der Waals surface area contributed by atoms with Gasteiger partial charge in [-0.3, -0.25) is 0 Å². The SMILES string of the molecule is COc1nc(C(=O)[O-])n(C)n1.[Li+]. The van der Waals surface area contributed by atoms with E-state index in [-0.39, 0.29) is 30.7 Å². The number of aryl methyl sites for hydroxylation is 1. The number of hydrogen-bond acceptors (Lipinski definition) is 5. The van der Waals surface area contributed by atoms with Gasteiger partial charge in [-0.25, -0.2) is 4.68 Å². The van der Waals surface area contributed by atoms with Crippen molar-refractivity contribution in [2.75, 3.05) is 7.11 Å². The van der Waals surface area contributed by atoms with Crippen molar-refractivity contribution in [1.29, 1.82) is 0 Å². The van der Waals surface area contributed by atoms with E-state index in [0.29, 0.717) is 0 Å². The number of hydrogen-bond donors (Lipinski definition) is 0. The second-order valence-corrected chi connectivity index (χ2v) is 1.83. The zero-order valence-electron chi connectivity index (χ0n) is 7.07. The summed E-state index contributed by atoms with van der Waals surface area (Å²) in [6.07, 6.45) is 0. The van der Waals surface area contributed by atoms with Gasteiger partial charge in [0.2, 0.25) is 0 Å². The Kier molecular flexibility index (Phi) is 3.80. The van der Waals surface area contributed by atoms with E-state index < -0.39 is 5.97 Å². The van der Waals surface area contributed by atoms with E-state index in [1.807, 2.05) is 0 Å². The predicted molar refractivity (Wildman–Crippen MR) is 31.9 cm³/mol. The summed E-state index contributed by atoms with van der Waals surface area (Å²) < 4.78 is 5.67. The Morgan fingerprint density at radius 3 is 2.50 bits per heavy atom. The molecule has 0 atom stereocenters. The molecule has 6 nitrogen and oxygen atoms in total. The van der Waals surface area contributed by atoms with Crippen molar-refractivity contribution in [1.82, 2.24) is 14.8 Å². The van der Waals surface area contributed by atoms with Crippen LogP contribution in [-0.4, -0.2) is 27.8 Å². The molecule has 12 heavy (non-hydrogen) atoms. The largest absolute Gasteiger partial charge is 1.00 e. The van der Waals surface area contributed by atoms with E-state index >= 15 is 0 Å². The molecular formula is C5H6LiN3O3. The van der Waals surface area contributed by atoms with Gasteiger partial charge in [-0.15, -0.1) is 5.10 Å². The minimum Gasteiger partial charge on any atom is -0.542 e. The average molecular weight is 163 g/mol. The Balaban J connectivity index is 0.00000121. The molecule has 0 aliphatic rings. The van der Waals surface area contributed by atoms with Crippen molar-refractivity contribution >= 4 is 5.97 Å². The molecule has 7 heteroatoms. The molecular weight excluding hydrogens is 157 g/mol. The topological polar surface area (TPSA) is 80.1 Å². The number of carboxylic acids is 1. The summed E-state index contributed by atoms with van der Waals surface area (Å²) >= 11 is 0. The van der Waals surface area contributed by atoms with E-state index in [1.54, 1.807) is 0 Å². The molecule has 1 heterocycles. The Morgan fingerprint density at radius 1 is 1.67 bits per heavy atom. The summed E-state index contributed by atoms with van der Waals surface area (Å²) in [5.41, 5.74) is 0. The summed E-state index contributed by atoms with van der Waals surface area (Å²) in [6.45, 7) is 0. The van der Waals surface area contributed by atoms with Gasteiger partial charge >= 0.3 is 24.9 Å². The molecule has 1 aromatic heterocycles. The maximum atomic E-state index is 10.3. The fraction of sp³-hybridized carbons (Fsp3) is 0.400. The van der Waals surface area contributed by atoms with Crippen molar-refractivity contribution < 1.29 is 33.5 Å². The molecule has 60 valence electrons. The van der Waals surface area contributed by atoms with E-state index in [0.717, 1.165) is 4.68 Å². The number of carboxylic acid groups (broad SMARTS) is 1. The van der Waals surface area contributed by atoms with Crippen LogP contribution in [0.15, 0.2) is 0 Å². The molecule has 0 unspecified atom stereocenters. The van der Waals surface area contributed by atoms with Crippen molar-refractivity contribution in [3.05, 3.63) is 5.82 Å². The van der Waals surface area contributed by atoms with Gasteiger partial charge in [0.05, 0.1) is 7.11 Å². The van der Waals surface area contributed by atoms with E-state index in [4.69, 9.17) is 0 Å². The predicted octanol–water partition coefficient (Wildman–Crippen LogP) is -4.81. The van der Waals surface area contributed by atoms with Gasteiger partial charge in [0.25, 0.3) is 0 Å². The quantitative estimate of drug-likeness (QED) is 0.408. The summed E-state index contributed by atoms with van der Waals surface area (Å²) in [5.74, 6) is -1.62. The molecule has 0 radical (unpaired) electrons. The van der Waals surface area contributed by atoms with Crippen molar-refractivity contribution in [3.8, 4) is 6.01 Å². The van der Waals surface area contributed by atoms with Crippen LogP contribution in [0.1, 0.15) is 10.6 Å². The van der Waals surface area contributed by atoms with Crippen LogP contribution in [-0.2, 0) is 7.05 Å². The van der Waals surface area contributed by atoms with E-state index in [1.165, 1.54) is 14.2 Å². The first-order valence-electron chi connectivity index (χ1n) is 2.81. The number of nitrogens with zero attached hydrogens (tertiary/aromatic N) is 3. The molecule has 1 rings (SSSR count). The second kappa shape index (κ2) is 4.14. The minimum absolute atomic E-state index is 0. The van der Waals surface area contributed by atoms with Gasteiger partial charge in [-0.1, -0.05) is 0 Å². The average Bonchev–Trinajstić information content (AvgIpc) is 2.30. The third kappa shape index (κ3) is 2.00. The number of methoxy groups -OCH3 is 1. The van der Waals surface area contributed by atoms with Crippen LogP contribution in [0.5, 0.6) is 6.01 Å². The van der Waals surface area contributed by atoms with Gasteiger partial charge in [-0.05, 0) is 0 Å². The number of carbonyl (C=O) groups excluding carboxylic acids is 1. The Morgan fingerprint density at radius 2 is 2.25 bits per heavy atom. The van der Waals surface area contributed by atoms with Gasteiger partial charge in [0.15, 0.2) is 5.82 Å². The molecule has 1 aromatic rings. The smallest absolute Gasteiger partial charge is 0.542 e. The first kappa shape index (κ1) is 11.0. The summed E-state index contributed by atoms with van der Waals surface area (Å²) in [5, 5.41) is 13.9. The Labute approximate surface area is 80.7 Å². The van der Waals surface area contributed by atoms with Gasteiger partial charge in [0, 0.05) is 7.05 Å². The second-order valence-electron chi connectivity index (χ2n) is 1.83. The van der Waals surface area contributed by atoms with Crippen LogP contribution in [0.2, 0.25) is 0 Å². The van der Waals surface area contributed by atoms with Crippen LogP contribution >= 0.6 is 0 Å².